The lowest BCUT2D eigenvalue weighted by molar-refractivity contribution is 0.0699. The van der Waals surface area contributed by atoms with Crippen molar-refractivity contribution in [2.24, 2.45) is 0 Å². The number of aromatic carboxylic acids is 1. The van der Waals surface area contributed by atoms with E-state index in [1.54, 1.807) is 30.3 Å². The minimum atomic E-state index is -3.89. The van der Waals surface area contributed by atoms with Gasteiger partial charge in [0.2, 0.25) is 0 Å². The molecule has 226 valence electrons. The van der Waals surface area contributed by atoms with E-state index in [1.165, 1.54) is 42.1 Å². The monoisotopic (exact) mass is 654 g/mol. The summed E-state index contributed by atoms with van der Waals surface area (Å²) >= 11 is 0. The molecule has 1 aliphatic rings. The van der Waals surface area contributed by atoms with Gasteiger partial charge in [-0.1, -0.05) is 12.1 Å². The number of fused-ring (bicyclic) bond motifs is 1. The number of carboxylic acid groups (broad SMARTS) is 1. The van der Waals surface area contributed by atoms with Gasteiger partial charge >= 0.3 is 5.97 Å². The van der Waals surface area contributed by atoms with Crippen molar-refractivity contribution >= 4 is 81.3 Å². The maximum absolute atomic E-state index is 12.9. The molecular formula is C29H33Cl3N4O5S. The molecular weight excluding hydrogens is 623 g/mol. The third-order valence-electron chi connectivity index (χ3n) is 7.17. The Bertz CT molecular complexity index is 1660. The molecule has 1 fully saturated rings. The highest BCUT2D eigenvalue weighted by Gasteiger charge is 2.23. The number of hydrogen-bond donors (Lipinski definition) is 2. The Labute approximate surface area is 264 Å². The second kappa shape index (κ2) is 14.2. The number of hydrogen-bond acceptors (Lipinski definition) is 7. The number of nitrogens with one attached hydrogen (secondary N) is 1. The van der Waals surface area contributed by atoms with Crippen LogP contribution in [-0.4, -0.2) is 57.8 Å². The van der Waals surface area contributed by atoms with Gasteiger partial charge in [-0.3, -0.25) is 4.72 Å². The van der Waals surface area contributed by atoms with Gasteiger partial charge in [0.25, 0.3) is 10.0 Å². The Morgan fingerprint density at radius 2 is 1.55 bits per heavy atom. The molecule has 1 aliphatic heterocycles. The van der Waals surface area contributed by atoms with E-state index in [0.29, 0.717) is 35.6 Å². The van der Waals surface area contributed by atoms with Crippen molar-refractivity contribution in [3.05, 3.63) is 83.4 Å². The lowest BCUT2D eigenvalue weighted by Crippen LogP contribution is -2.47. The molecule has 1 saturated heterocycles. The van der Waals surface area contributed by atoms with Gasteiger partial charge < -0.3 is 19.6 Å². The van der Waals surface area contributed by atoms with Gasteiger partial charge in [-0.05, 0) is 79.6 Å². The topological polar surface area (TPSA) is 112 Å². The number of pyridine rings is 1. The van der Waals surface area contributed by atoms with Crippen LogP contribution in [0.2, 0.25) is 0 Å². The van der Waals surface area contributed by atoms with E-state index in [0.717, 1.165) is 13.1 Å². The Balaban J connectivity index is 0.00000205. The van der Waals surface area contributed by atoms with Gasteiger partial charge in [-0.25, -0.2) is 18.2 Å². The fourth-order valence-corrected chi connectivity index (χ4v) is 5.89. The number of ether oxygens (including phenoxy) is 1. The zero-order chi connectivity index (χ0) is 27.7. The van der Waals surface area contributed by atoms with Crippen molar-refractivity contribution in [1.82, 2.24) is 4.98 Å². The second-order valence-electron chi connectivity index (χ2n) is 9.54. The third-order valence-corrected chi connectivity index (χ3v) is 8.57. The van der Waals surface area contributed by atoms with Crippen LogP contribution in [-0.2, 0) is 10.0 Å². The molecule has 13 heteroatoms. The SMILES string of the molecule is COc1ccc(S(=O)(=O)Nc2ccc3nc(N4CCN(c5cccc(C)c5C)CC4)cc(C(=O)O)c3c2)cc1.Cl.Cl.Cl. The molecule has 4 aromatic rings. The smallest absolute Gasteiger partial charge is 0.336 e. The molecule has 9 nitrogen and oxygen atoms in total. The summed E-state index contributed by atoms with van der Waals surface area (Å²) in [6.45, 7) is 7.22. The first-order valence-electron chi connectivity index (χ1n) is 12.6. The highest BCUT2D eigenvalue weighted by atomic mass is 35.5. The predicted octanol–water partition coefficient (Wildman–Crippen LogP) is 5.95. The first-order valence-corrected chi connectivity index (χ1v) is 14.1. The number of aromatic nitrogens is 1. The van der Waals surface area contributed by atoms with Gasteiger partial charge in [-0.15, -0.1) is 37.2 Å². The zero-order valence-electron chi connectivity index (χ0n) is 23.2. The minimum Gasteiger partial charge on any atom is -0.497 e. The van der Waals surface area contributed by atoms with Crippen LogP contribution in [0.1, 0.15) is 21.5 Å². The molecule has 42 heavy (non-hydrogen) atoms. The first-order chi connectivity index (χ1) is 18.7. The largest absolute Gasteiger partial charge is 0.497 e. The zero-order valence-corrected chi connectivity index (χ0v) is 26.5. The predicted molar refractivity (Wildman–Crippen MR) is 175 cm³/mol. The number of carboxylic acids is 1. The van der Waals surface area contributed by atoms with Gasteiger partial charge in [0.05, 0.1) is 23.1 Å². The highest BCUT2D eigenvalue weighted by Crippen LogP contribution is 2.29. The summed E-state index contributed by atoms with van der Waals surface area (Å²) in [6.07, 6.45) is 0. The first kappa shape index (κ1) is 34.8. The number of sulfonamides is 1. The maximum Gasteiger partial charge on any atom is 0.336 e. The molecule has 0 atom stereocenters. The van der Waals surface area contributed by atoms with E-state index in [4.69, 9.17) is 9.72 Å². The fraction of sp³-hybridized carbons (Fsp3) is 0.241. The summed E-state index contributed by atoms with van der Waals surface area (Å²) in [7, 11) is -2.38. The molecule has 0 saturated carbocycles. The minimum absolute atomic E-state index is 0. The van der Waals surface area contributed by atoms with Crippen LogP contribution >= 0.6 is 37.2 Å². The number of piperazine rings is 1. The Kier molecular flexibility index (Phi) is 11.7. The van der Waals surface area contributed by atoms with E-state index in [1.807, 2.05) is 0 Å². The molecule has 0 bridgehead atoms. The molecule has 2 heterocycles. The van der Waals surface area contributed by atoms with Gasteiger partial charge in [-0.2, -0.15) is 0 Å². The van der Waals surface area contributed by atoms with Crippen LogP contribution in [0.3, 0.4) is 0 Å². The molecule has 0 radical (unpaired) electrons. The molecule has 3 aromatic carbocycles. The van der Waals surface area contributed by atoms with Crippen LogP contribution < -0.4 is 19.3 Å². The number of benzene rings is 3. The summed E-state index contributed by atoms with van der Waals surface area (Å²) in [5.41, 5.74) is 4.53. The van der Waals surface area contributed by atoms with E-state index in [9.17, 15) is 18.3 Å². The molecule has 0 spiro atoms. The average molecular weight is 656 g/mol. The van der Waals surface area contributed by atoms with E-state index < -0.39 is 16.0 Å². The van der Waals surface area contributed by atoms with Crippen molar-refractivity contribution in [1.29, 1.82) is 0 Å². The number of methoxy groups -OCH3 is 1. The van der Waals surface area contributed by atoms with Crippen molar-refractivity contribution in [2.45, 2.75) is 18.7 Å². The Hall–Kier alpha value is -3.44. The van der Waals surface area contributed by atoms with Crippen LogP contribution in [0, 0.1) is 13.8 Å². The van der Waals surface area contributed by atoms with Crippen LogP contribution in [0.25, 0.3) is 10.9 Å². The van der Waals surface area contributed by atoms with E-state index >= 15 is 0 Å². The average Bonchev–Trinajstić information content (AvgIpc) is 2.94. The number of anilines is 3. The van der Waals surface area contributed by atoms with E-state index in [-0.39, 0.29) is 53.4 Å². The van der Waals surface area contributed by atoms with Gasteiger partial charge in [0, 0.05) is 42.9 Å². The lowest BCUT2D eigenvalue weighted by atomic mass is 10.1. The van der Waals surface area contributed by atoms with Crippen LogP contribution in [0.5, 0.6) is 5.75 Å². The molecule has 0 aliphatic carbocycles. The maximum atomic E-state index is 12.9. The number of nitrogens with zero attached hydrogens (tertiary/aromatic N) is 3. The summed E-state index contributed by atoms with van der Waals surface area (Å²) in [6, 6.07) is 18.6. The Morgan fingerprint density at radius 3 is 2.17 bits per heavy atom. The van der Waals surface area contributed by atoms with Crippen LogP contribution in [0.4, 0.5) is 17.2 Å². The van der Waals surface area contributed by atoms with Gasteiger partial charge in [0.1, 0.15) is 11.6 Å². The fourth-order valence-electron chi connectivity index (χ4n) is 4.84. The normalized spacial score (nSPS) is 12.9. The van der Waals surface area contributed by atoms with Gasteiger partial charge in [0.15, 0.2) is 0 Å². The van der Waals surface area contributed by atoms with Crippen molar-refractivity contribution < 1.29 is 23.1 Å². The summed E-state index contributed by atoms with van der Waals surface area (Å²) in [4.78, 5) is 21.5. The number of halogens is 3. The second-order valence-corrected chi connectivity index (χ2v) is 11.2. The van der Waals surface area contributed by atoms with Crippen molar-refractivity contribution in [2.75, 3.05) is 47.8 Å². The number of aryl methyl sites for hydroxylation is 1. The highest BCUT2D eigenvalue weighted by molar-refractivity contribution is 7.92. The Morgan fingerprint density at radius 1 is 0.905 bits per heavy atom. The quantitative estimate of drug-likeness (QED) is 0.251. The molecule has 1 aromatic heterocycles. The summed E-state index contributed by atoms with van der Waals surface area (Å²) in [5, 5.41) is 10.4. The standard InChI is InChI=1S/C29H30N4O5S.3ClH/c1-19-5-4-6-27(20(19)2)32-13-15-33(16-14-32)28-18-25(29(34)35)24-17-21(7-12-26(24)30-28)31-39(36,37)23-10-8-22(38-3)9-11-23;;;/h4-12,17-18,31H,13-16H2,1-3H3,(H,34,35);3*1H. The molecule has 0 amide bonds. The number of rotatable bonds is 7. The molecule has 2 N–H and O–H groups in total. The molecule has 5 rings (SSSR count). The van der Waals surface area contributed by atoms with E-state index in [2.05, 4.69) is 46.6 Å². The summed E-state index contributed by atoms with van der Waals surface area (Å²) in [5.74, 6) is 0.0271. The summed E-state index contributed by atoms with van der Waals surface area (Å²) < 4.78 is 33.4. The molecule has 0 unspecified atom stereocenters. The van der Waals surface area contributed by atoms with Crippen molar-refractivity contribution in [3.8, 4) is 5.75 Å². The third kappa shape index (κ3) is 7.12. The lowest BCUT2D eigenvalue weighted by Gasteiger charge is -2.37. The van der Waals surface area contributed by atoms with Crippen LogP contribution in [0.15, 0.2) is 71.6 Å². The van der Waals surface area contributed by atoms with Crippen molar-refractivity contribution in [3.63, 3.8) is 0 Å². The number of carbonyl (C=O) groups is 1.